The molecule has 0 aliphatic heterocycles. The SMILES string of the molecule is COc1cccc2[nH]c(C=O)nc12. The number of H-pyrrole nitrogens is 1. The lowest BCUT2D eigenvalue weighted by Crippen LogP contribution is -1.83. The summed E-state index contributed by atoms with van der Waals surface area (Å²) in [5, 5.41) is 0. The van der Waals surface area contributed by atoms with Gasteiger partial charge in [0.15, 0.2) is 12.1 Å². The Morgan fingerprint density at radius 3 is 3.08 bits per heavy atom. The zero-order valence-electron chi connectivity index (χ0n) is 7.07. The minimum Gasteiger partial charge on any atom is -0.494 e. The van der Waals surface area contributed by atoms with Gasteiger partial charge in [-0.2, -0.15) is 0 Å². The summed E-state index contributed by atoms with van der Waals surface area (Å²) in [7, 11) is 1.57. The average Bonchev–Trinajstić information content (AvgIpc) is 2.59. The predicted molar refractivity (Wildman–Crippen MR) is 48.0 cm³/mol. The van der Waals surface area contributed by atoms with Gasteiger partial charge in [0.25, 0.3) is 0 Å². The van der Waals surface area contributed by atoms with Gasteiger partial charge in [0.1, 0.15) is 11.3 Å². The van der Waals surface area contributed by atoms with Crippen molar-refractivity contribution in [2.75, 3.05) is 7.11 Å². The Bertz CT molecular complexity index is 448. The number of carbonyl (C=O) groups is 1. The minimum absolute atomic E-state index is 0.319. The molecule has 1 aromatic heterocycles. The molecule has 0 bridgehead atoms. The lowest BCUT2D eigenvalue weighted by molar-refractivity contribution is 0.111. The van der Waals surface area contributed by atoms with E-state index >= 15 is 0 Å². The van der Waals surface area contributed by atoms with Crippen LogP contribution in [0.15, 0.2) is 18.2 Å². The number of ether oxygens (including phenoxy) is 1. The van der Waals surface area contributed by atoms with Gasteiger partial charge in [-0.1, -0.05) is 6.07 Å². The van der Waals surface area contributed by atoms with Gasteiger partial charge in [-0.25, -0.2) is 4.98 Å². The van der Waals surface area contributed by atoms with Gasteiger partial charge in [0.05, 0.1) is 12.6 Å². The lowest BCUT2D eigenvalue weighted by Gasteiger charge is -1.97. The van der Waals surface area contributed by atoms with Gasteiger partial charge in [-0.15, -0.1) is 0 Å². The smallest absolute Gasteiger partial charge is 0.185 e. The van der Waals surface area contributed by atoms with E-state index in [0.29, 0.717) is 23.4 Å². The number of rotatable bonds is 2. The first-order chi connectivity index (χ1) is 6.35. The maximum atomic E-state index is 10.4. The zero-order valence-corrected chi connectivity index (χ0v) is 7.07. The number of imidazole rings is 1. The maximum absolute atomic E-state index is 10.4. The highest BCUT2D eigenvalue weighted by Gasteiger charge is 2.05. The molecule has 0 radical (unpaired) electrons. The molecule has 1 heterocycles. The highest BCUT2D eigenvalue weighted by molar-refractivity contribution is 5.86. The van der Waals surface area contributed by atoms with Crippen LogP contribution in [0.5, 0.6) is 5.75 Å². The van der Waals surface area contributed by atoms with Crippen LogP contribution in [-0.2, 0) is 0 Å². The number of aromatic amines is 1. The molecule has 0 atom stereocenters. The van der Waals surface area contributed by atoms with Crippen molar-refractivity contribution in [1.82, 2.24) is 9.97 Å². The van der Waals surface area contributed by atoms with E-state index < -0.39 is 0 Å². The molecular weight excluding hydrogens is 168 g/mol. The lowest BCUT2D eigenvalue weighted by atomic mass is 10.3. The molecule has 0 saturated heterocycles. The molecule has 4 heteroatoms. The van der Waals surface area contributed by atoms with Crippen LogP contribution in [0.3, 0.4) is 0 Å². The Balaban J connectivity index is 2.74. The topological polar surface area (TPSA) is 55.0 Å². The first-order valence-corrected chi connectivity index (χ1v) is 3.83. The fraction of sp³-hybridized carbons (Fsp3) is 0.111. The molecule has 0 unspecified atom stereocenters. The first kappa shape index (κ1) is 7.79. The summed E-state index contributed by atoms with van der Waals surface area (Å²) in [6.45, 7) is 0. The molecular formula is C9H8N2O2. The predicted octanol–water partition coefficient (Wildman–Crippen LogP) is 1.38. The quantitative estimate of drug-likeness (QED) is 0.703. The molecule has 1 N–H and O–H groups in total. The number of para-hydroxylation sites is 1. The fourth-order valence-electron chi connectivity index (χ4n) is 1.25. The molecule has 1 aromatic carbocycles. The molecule has 2 aromatic rings. The molecule has 0 amide bonds. The summed E-state index contributed by atoms with van der Waals surface area (Å²) < 4.78 is 5.09. The van der Waals surface area contributed by atoms with Crippen molar-refractivity contribution in [2.24, 2.45) is 0 Å². The molecule has 0 fully saturated rings. The molecule has 0 aliphatic rings. The van der Waals surface area contributed by atoms with Gasteiger partial charge in [-0.3, -0.25) is 4.79 Å². The third-order valence-electron chi connectivity index (χ3n) is 1.83. The summed E-state index contributed by atoms with van der Waals surface area (Å²) in [5.74, 6) is 0.987. The fourth-order valence-corrected chi connectivity index (χ4v) is 1.25. The average molecular weight is 176 g/mol. The number of aromatic nitrogens is 2. The molecule has 66 valence electrons. The van der Waals surface area contributed by atoms with Crippen LogP contribution in [0.2, 0.25) is 0 Å². The summed E-state index contributed by atoms with van der Waals surface area (Å²) in [5.41, 5.74) is 1.49. The Labute approximate surface area is 74.5 Å². The second-order valence-electron chi connectivity index (χ2n) is 2.60. The number of nitrogens with zero attached hydrogens (tertiary/aromatic N) is 1. The van der Waals surface area contributed by atoms with E-state index in [9.17, 15) is 4.79 Å². The number of nitrogens with one attached hydrogen (secondary N) is 1. The number of hydrogen-bond acceptors (Lipinski definition) is 3. The maximum Gasteiger partial charge on any atom is 0.185 e. The van der Waals surface area contributed by atoms with Crippen molar-refractivity contribution in [3.05, 3.63) is 24.0 Å². The normalized spacial score (nSPS) is 10.2. The van der Waals surface area contributed by atoms with Gasteiger partial charge in [-0.05, 0) is 12.1 Å². The first-order valence-electron chi connectivity index (χ1n) is 3.83. The second-order valence-corrected chi connectivity index (χ2v) is 2.60. The third-order valence-corrected chi connectivity index (χ3v) is 1.83. The largest absolute Gasteiger partial charge is 0.494 e. The number of methoxy groups -OCH3 is 1. The number of carbonyl (C=O) groups excluding carboxylic acids is 1. The molecule has 0 spiro atoms. The van der Waals surface area contributed by atoms with Crippen molar-refractivity contribution < 1.29 is 9.53 Å². The highest BCUT2D eigenvalue weighted by atomic mass is 16.5. The van der Waals surface area contributed by atoms with E-state index in [-0.39, 0.29) is 0 Å². The second kappa shape index (κ2) is 2.90. The number of hydrogen-bond donors (Lipinski definition) is 1. The van der Waals surface area contributed by atoms with Crippen molar-refractivity contribution in [3.8, 4) is 5.75 Å². The third kappa shape index (κ3) is 1.16. The molecule has 2 rings (SSSR count). The van der Waals surface area contributed by atoms with Crippen LogP contribution in [-0.4, -0.2) is 23.4 Å². The van der Waals surface area contributed by atoms with Crippen LogP contribution in [0.1, 0.15) is 10.6 Å². The molecule has 0 aliphatic carbocycles. The van der Waals surface area contributed by atoms with Crippen molar-refractivity contribution >= 4 is 17.3 Å². The molecule has 4 nitrogen and oxygen atoms in total. The number of fused-ring (bicyclic) bond motifs is 1. The van der Waals surface area contributed by atoms with Crippen LogP contribution in [0.25, 0.3) is 11.0 Å². The number of benzene rings is 1. The van der Waals surface area contributed by atoms with E-state index in [1.807, 2.05) is 12.1 Å². The highest BCUT2D eigenvalue weighted by Crippen LogP contribution is 2.22. The van der Waals surface area contributed by atoms with Crippen LogP contribution < -0.4 is 4.74 Å². The Morgan fingerprint density at radius 2 is 2.38 bits per heavy atom. The van der Waals surface area contributed by atoms with E-state index in [2.05, 4.69) is 9.97 Å². The van der Waals surface area contributed by atoms with Crippen LogP contribution in [0.4, 0.5) is 0 Å². The monoisotopic (exact) mass is 176 g/mol. The van der Waals surface area contributed by atoms with E-state index in [1.54, 1.807) is 13.2 Å². The van der Waals surface area contributed by atoms with E-state index in [1.165, 1.54) is 0 Å². The van der Waals surface area contributed by atoms with Gasteiger partial charge in [0.2, 0.25) is 0 Å². The van der Waals surface area contributed by atoms with Crippen molar-refractivity contribution in [1.29, 1.82) is 0 Å². The van der Waals surface area contributed by atoms with E-state index in [0.717, 1.165) is 5.52 Å². The van der Waals surface area contributed by atoms with Gasteiger partial charge < -0.3 is 9.72 Å². The Kier molecular flexibility index (Phi) is 1.73. The Morgan fingerprint density at radius 1 is 1.54 bits per heavy atom. The van der Waals surface area contributed by atoms with Crippen LogP contribution in [0, 0.1) is 0 Å². The van der Waals surface area contributed by atoms with Crippen LogP contribution >= 0.6 is 0 Å². The van der Waals surface area contributed by atoms with E-state index in [4.69, 9.17) is 4.74 Å². The summed E-state index contributed by atoms with van der Waals surface area (Å²) >= 11 is 0. The minimum atomic E-state index is 0.319. The summed E-state index contributed by atoms with van der Waals surface area (Å²) in [6, 6.07) is 5.49. The summed E-state index contributed by atoms with van der Waals surface area (Å²) in [6.07, 6.45) is 0.680. The van der Waals surface area contributed by atoms with Gasteiger partial charge in [0, 0.05) is 0 Å². The van der Waals surface area contributed by atoms with Crippen molar-refractivity contribution in [3.63, 3.8) is 0 Å². The zero-order chi connectivity index (χ0) is 9.26. The standard InChI is InChI=1S/C9H8N2O2/c1-13-7-4-2-3-6-9(7)11-8(5-12)10-6/h2-5H,1H3,(H,10,11). The molecule has 0 saturated carbocycles. The van der Waals surface area contributed by atoms with Gasteiger partial charge >= 0.3 is 0 Å². The number of aldehydes is 1. The Hall–Kier alpha value is -1.84. The molecule has 13 heavy (non-hydrogen) atoms. The van der Waals surface area contributed by atoms with Crippen molar-refractivity contribution in [2.45, 2.75) is 0 Å². The summed E-state index contributed by atoms with van der Waals surface area (Å²) in [4.78, 5) is 17.4.